The zero-order valence-electron chi connectivity index (χ0n) is 7.94. The topological polar surface area (TPSA) is 12.4 Å². The molecule has 0 aliphatic carbocycles. The van der Waals surface area contributed by atoms with Gasteiger partial charge < -0.3 is 0 Å². The largest absolute Gasteiger partial charge is 0.262 e. The van der Waals surface area contributed by atoms with Gasteiger partial charge in [-0.15, -0.1) is 0 Å². The molecule has 0 spiro atoms. The summed E-state index contributed by atoms with van der Waals surface area (Å²) in [5, 5.41) is 0. The first-order chi connectivity index (χ1) is 5.07. The molecule has 0 fully saturated rings. The number of hydrogen-bond donors (Lipinski definition) is 0. The molecular weight excluding hydrogens is 134 g/mol. The van der Waals surface area contributed by atoms with Crippen LogP contribution < -0.4 is 0 Å². The van der Waals surface area contributed by atoms with Crippen molar-refractivity contribution in [1.82, 2.24) is 0 Å². The van der Waals surface area contributed by atoms with Gasteiger partial charge in [-0.25, -0.2) is 0 Å². The van der Waals surface area contributed by atoms with Gasteiger partial charge >= 0.3 is 0 Å². The summed E-state index contributed by atoms with van der Waals surface area (Å²) in [6, 6.07) is 0. The highest BCUT2D eigenvalue weighted by molar-refractivity contribution is 5.80. The fourth-order valence-electron chi connectivity index (χ4n) is 0.762. The Bertz CT molecular complexity index is 193. The van der Waals surface area contributed by atoms with Crippen LogP contribution in [0.2, 0.25) is 0 Å². The Kier molecular flexibility index (Phi) is 4.51. The highest BCUT2D eigenvalue weighted by atomic mass is 14.7. The van der Waals surface area contributed by atoms with Crippen molar-refractivity contribution in [2.75, 3.05) is 0 Å². The van der Waals surface area contributed by atoms with E-state index in [1.807, 2.05) is 13.1 Å². The number of allylic oxidation sites excluding steroid dienone is 3. The van der Waals surface area contributed by atoms with Crippen LogP contribution in [0.5, 0.6) is 0 Å². The molecule has 0 atom stereocenters. The Hall–Kier alpha value is -0.850. The summed E-state index contributed by atoms with van der Waals surface area (Å²) in [7, 11) is 0. The first-order valence-corrected chi connectivity index (χ1v) is 3.93. The summed E-state index contributed by atoms with van der Waals surface area (Å²) in [5.74, 6) is 0. The Balaban J connectivity index is 4.33. The molecular formula is C10H17N. The van der Waals surface area contributed by atoms with Crippen molar-refractivity contribution < 1.29 is 0 Å². The Morgan fingerprint density at radius 2 is 1.91 bits per heavy atom. The average Bonchev–Trinajstić information content (AvgIpc) is 1.87. The monoisotopic (exact) mass is 151 g/mol. The van der Waals surface area contributed by atoms with Crippen LogP contribution in [0.1, 0.15) is 34.1 Å². The summed E-state index contributed by atoms with van der Waals surface area (Å²) in [6.07, 6.45) is 2.94. The maximum atomic E-state index is 4.14. The molecule has 0 amide bonds. The van der Waals surface area contributed by atoms with Crippen LogP contribution in [0, 0.1) is 0 Å². The second kappa shape index (κ2) is 4.89. The smallest absolute Gasteiger partial charge is 0.0302 e. The molecule has 0 heterocycles. The van der Waals surface area contributed by atoms with Crippen LogP contribution in [0.3, 0.4) is 0 Å². The molecule has 1 nitrogen and oxygen atoms in total. The van der Waals surface area contributed by atoms with Crippen LogP contribution in [0.25, 0.3) is 0 Å². The van der Waals surface area contributed by atoms with Crippen LogP contribution in [0.15, 0.2) is 28.4 Å². The maximum absolute atomic E-state index is 4.14. The second-order valence-electron chi connectivity index (χ2n) is 2.87. The van der Waals surface area contributed by atoms with Crippen molar-refractivity contribution in [3.05, 3.63) is 23.4 Å². The van der Waals surface area contributed by atoms with E-state index in [-0.39, 0.29) is 0 Å². The molecule has 0 aromatic rings. The van der Waals surface area contributed by atoms with E-state index in [0.717, 1.165) is 12.1 Å². The number of nitrogens with zero attached hydrogens (tertiary/aromatic N) is 1. The van der Waals surface area contributed by atoms with Gasteiger partial charge in [-0.2, -0.15) is 0 Å². The standard InChI is InChI=1S/C10H17N/c1-6-10(8(2)3)7-11-9(4)5/h7H,4,6H2,1-3,5H3/b11-7-. The van der Waals surface area contributed by atoms with Crippen molar-refractivity contribution >= 4 is 6.21 Å². The summed E-state index contributed by atoms with van der Waals surface area (Å²) in [6.45, 7) is 11.9. The fraction of sp³-hybridized carbons (Fsp3) is 0.500. The van der Waals surface area contributed by atoms with E-state index in [4.69, 9.17) is 0 Å². The van der Waals surface area contributed by atoms with Crippen molar-refractivity contribution in [1.29, 1.82) is 0 Å². The molecule has 62 valence electrons. The highest BCUT2D eigenvalue weighted by Crippen LogP contribution is 2.05. The van der Waals surface area contributed by atoms with Crippen LogP contribution in [-0.2, 0) is 0 Å². The molecule has 0 aromatic heterocycles. The third-order valence-corrected chi connectivity index (χ3v) is 1.46. The summed E-state index contributed by atoms with van der Waals surface area (Å²) in [5.41, 5.74) is 3.49. The van der Waals surface area contributed by atoms with Gasteiger partial charge in [-0.3, -0.25) is 4.99 Å². The lowest BCUT2D eigenvalue weighted by molar-refractivity contribution is 1.13. The van der Waals surface area contributed by atoms with E-state index in [1.54, 1.807) is 0 Å². The molecule has 0 radical (unpaired) electrons. The van der Waals surface area contributed by atoms with Crippen molar-refractivity contribution in [3.8, 4) is 0 Å². The van der Waals surface area contributed by atoms with Crippen molar-refractivity contribution in [2.24, 2.45) is 4.99 Å². The quantitative estimate of drug-likeness (QED) is 0.548. The zero-order valence-corrected chi connectivity index (χ0v) is 7.94. The minimum absolute atomic E-state index is 0.859. The Morgan fingerprint density at radius 1 is 1.36 bits per heavy atom. The lowest BCUT2D eigenvalue weighted by atomic mass is 10.1. The lowest BCUT2D eigenvalue weighted by Crippen LogP contribution is -1.85. The van der Waals surface area contributed by atoms with E-state index in [2.05, 4.69) is 32.3 Å². The molecule has 0 saturated heterocycles. The lowest BCUT2D eigenvalue weighted by Gasteiger charge is -1.98. The van der Waals surface area contributed by atoms with Crippen LogP contribution in [0.4, 0.5) is 0 Å². The molecule has 0 aromatic carbocycles. The van der Waals surface area contributed by atoms with Gasteiger partial charge in [0.2, 0.25) is 0 Å². The highest BCUT2D eigenvalue weighted by Gasteiger charge is 1.90. The molecule has 0 N–H and O–H groups in total. The van der Waals surface area contributed by atoms with Gasteiger partial charge in [0.25, 0.3) is 0 Å². The van der Waals surface area contributed by atoms with Gasteiger partial charge in [0.1, 0.15) is 0 Å². The number of hydrogen-bond acceptors (Lipinski definition) is 1. The van der Waals surface area contributed by atoms with Crippen LogP contribution >= 0.6 is 0 Å². The van der Waals surface area contributed by atoms with E-state index < -0.39 is 0 Å². The minimum atomic E-state index is 0.859. The molecule has 0 unspecified atom stereocenters. The summed E-state index contributed by atoms with van der Waals surface area (Å²) < 4.78 is 0. The molecule has 0 aliphatic heterocycles. The molecule has 0 rings (SSSR count). The fourth-order valence-corrected chi connectivity index (χ4v) is 0.762. The van der Waals surface area contributed by atoms with Gasteiger partial charge in [0, 0.05) is 11.9 Å². The summed E-state index contributed by atoms with van der Waals surface area (Å²) in [4.78, 5) is 4.14. The van der Waals surface area contributed by atoms with E-state index in [1.165, 1.54) is 11.1 Å². The second-order valence-corrected chi connectivity index (χ2v) is 2.87. The van der Waals surface area contributed by atoms with E-state index in [9.17, 15) is 0 Å². The van der Waals surface area contributed by atoms with Gasteiger partial charge in [-0.1, -0.05) is 19.1 Å². The zero-order chi connectivity index (χ0) is 8.85. The molecule has 0 bridgehead atoms. The third-order valence-electron chi connectivity index (χ3n) is 1.46. The predicted octanol–water partition coefficient (Wildman–Crippen LogP) is 3.34. The molecule has 0 saturated carbocycles. The van der Waals surface area contributed by atoms with E-state index >= 15 is 0 Å². The predicted molar refractivity (Wildman–Crippen MR) is 52.0 cm³/mol. The Labute approximate surface area is 69.5 Å². The Morgan fingerprint density at radius 3 is 2.18 bits per heavy atom. The van der Waals surface area contributed by atoms with Gasteiger partial charge in [-0.05, 0) is 32.8 Å². The minimum Gasteiger partial charge on any atom is -0.262 e. The third kappa shape index (κ3) is 4.54. The normalized spacial score (nSPS) is 10.2. The van der Waals surface area contributed by atoms with Crippen LogP contribution in [-0.4, -0.2) is 6.21 Å². The molecule has 11 heavy (non-hydrogen) atoms. The SMILES string of the molecule is C=C(C)/N=C\C(CC)=C(C)C. The number of rotatable bonds is 3. The summed E-state index contributed by atoms with van der Waals surface area (Å²) >= 11 is 0. The first-order valence-electron chi connectivity index (χ1n) is 3.93. The van der Waals surface area contributed by atoms with E-state index in [0.29, 0.717) is 0 Å². The van der Waals surface area contributed by atoms with Crippen molar-refractivity contribution in [2.45, 2.75) is 34.1 Å². The van der Waals surface area contributed by atoms with Gasteiger partial charge in [0.15, 0.2) is 0 Å². The average molecular weight is 151 g/mol. The maximum Gasteiger partial charge on any atom is 0.0302 e. The number of aliphatic imine (C=N–C) groups is 1. The van der Waals surface area contributed by atoms with Crippen molar-refractivity contribution in [3.63, 3.8) is 0 Å². The van der Waals surface area contributed by atoms with Gasteiger partial charge in [0.05, 0.1) is 0 Å². The molecule has 0 aliphatic rings. The first kappa shape index (κ1) is 10.2. The molecule has 1 heteroatoms.